The van der Waals surface area contributed by atoms with Crippen molar-refractivity contribution in [1.82, 2.24) is 20.0 Å². The monoisotopic (exact) mass is 357 g/mol. The molecular weight excluding hydrogens is 334 g/mol. The molecule has 0 aliphatic heterocycles. The molecule has 0 saturated heterocycles. The molecule has 3 aromatic rings. The summed E-state index contributed by atoms with van der Waals surface area (Å²) >= 11 is 1.56. The fourth-order valence-electron chi connectivity index (χ4n) is 2.60. The van der Waals surface area contributed by atoms with Crippen LogP contribution >= 0.6 is 11.3 Å². The lowest BCUT2D eigenvalue weighted by molar-refractivity contribution is 0.340. The van der Waals surface area contributed by atoms with Crippen LogP contribution in [0.5, 0.6) is 5.75 Å². The summed E-state index contributed by atoms with van der Waals surface area (Å²) in [5.41, 5.74) is 3.32. The number of nitrogens with zero attached hydrogens (tertiary/aromatic N) is 4. The number of rotatable bonds is 8. The van der Waals surface area contributed by atoms with E-state index in [2.05, 4.69) is 33.6 Å². The molecule has 1 N–H and O–H groups in total. The van der Waals surface area contributed by atoms with Gasteiger partial charge in [-0.3, -0.25) is 4.68 Å². The van der Waals surface area contributed by atoms with Crippen molar-refractivity contribution in [3.63, 3.8) is 0 Å². The smallest absolute Gasteiger partial charge is 0.206 e. The molecule has 1 aromatic carbocycles. The molecule has 132 valence electrons. The zero-order chi connectivity index (χ0) is 17.6. The molecule has 2 heterocycles. The fourth-order valence-corrected chi connectivity index (χ4v) is 3.37. The highest BCUT2D eigenvalue weighted by atomic mass is 32.1. The molecule has 0 unspecified atom stereocenters. The van der Waals surface area contributed by atoms with Crippen LogP contribution in [0.25, 0.3) is 10.6 Å². The lowest BCUT2D eigenvalue weighted by Gasteiger charge is -2.04. The summed E-state index contributed by atoms with van der Waals surface area (Å²) in [7, 11) is 0. The minimum Gasteiger partial charge on any atom is -0.494 e. The van der Waals surface area contributed by atoms with Crippen molar-refractivity contribution < 1.29 is 4.74 Å². The summed E-state index contributed by atoms with van der Waals surface area (Å²) in [4.78, 5) is 0. The molecular formula is C18H23N5OS. The van der Waals surface area contributed by atoms with E-state index in [0.717, 1.165) is 46.7 Å². The van der Waals surface area contributed by atoms with E-state index >= 15 is 0 Å². The van der Waals surface area contributed by atoms with Gasteiger partial charge < -0.3 is 10.1 Å². The van der Waals surface area contributed by atoms with Gasteiger partial charge in [0.05, 0.1) is 12.3 Å². The minimum atomic E-state index is 0.670. The number of hydrogen-bond donors (Lipinski definition) is 1. The summed E-state index contributed by atoms with van der Waals surface area (Å²) in [5, 5.41) is 18.1. The zero-order valence-electron chi connectivity index (χ0n) is 14.8. The van der Waals surface area contributed by atoms with E-state index in [-0.39, 0.29) is 0 Å². The van der Waals surface area contributed by atoms with E-state index in [1.807, 2.05) is 42.8 Å². The predicted octanol–water partition coefficient (Wildman–Crippen LogP) is 3.92. The molecule has 2 aromatic heterocycles. The molecule has 6 nitrogen and oxygen atoms in total. The van der Waals surface area contributed by atoms with Crippen LogP contribution in [-0.2, 0) is 6.54 Å². The number of benzene rings is 1. The first-order chi connectivity index (χ1) is 12.2. The molecule has 0 aliphatic rings. The van der Waals surface area contributed by atoms with Gasteiger partial charge in [0.25, 0.3) is 0 Å². The van der Waals surface area contributed by atoms with Crippen molar-refractivity contribution in [2.24, 2.45) is 0 Å². The van der Waals surface area contributed by atoms with Gasteiger partial charge in [0.1, 0.15) is 10.8 Å². The Balaban J connectivity index is 1.50. The number of anilines is 1. The number of nitrogens with one attached hydrogen (secondary N) is 1. The van der Waals surface area contributed by atoms with Crippen molar-refractivity contribution >= 4 is 16.5 Å². The van der Waals surface area contributed by atoms with E-state index in [9.17, 15) is 0 Å². The van der Waals surface area contributed by atoms with Crippen LogP contribution in [0.1, 0.15) is 24.7 Å². The highest BCUT2D eigenvalue weighted by Crippen LogP contribution is 2.27. The topological polar surface area (TPSA) is 64.9 Å². The van der Waals surface area contributed by atoms with Crippen LogP contribution in [-0.4, -0.2) is 33.1 Å². The second kappa shape index (κ2) is 8.11. The van der Waals surface area contributed by atoms with Crippen LogP contribution < -0.4 is 10.1 Å². The number of hydrogen-bond acceptors (Lipinski definition) is 6. The average molecular weight is 357 g/mol. The van der Waals surface area contributed by atoms with Gasteiger partial charge in [-0.25, -0.2) is 0 Å². The summed E-state index contributed by atoms with van der Waals surface area (Å²) in [6.07, 6.45) is 0.986. The normalized spacial score (nSPS) is 10.8. The summed E-state index contributed by atoms with van der Waals surface area (Å²) in [6, 6.07) is 10.0. The number of aromatic nitrogens is 4. The minimum absolute atomic E-state index is 0.670. The Morgan fingerprint density at radius 2 is 1.96 bits per heavy atom. The third kappa shape index (κ3) is 4.57. The van der Waals surface area contributed by atoms with Crippen LogP contribution in [0.4, 0.5) is 5.13 Å². The second-order valence-electron chi connectivity index (χ2n) is 5.80. The maximum atomic E-state index is 5.46. The SMILES string of the molecule is CCOc1ccc(-c2nnc(NCCCn3nc(C)cc3C)s2)cc1. The first-order valence-electron chi connectivity index (χ1n) is 8.47. The predicted molar refractivity (Wildman–Crippen MR) is 101 cm³/mol. The van der Waals surface area contributed by atoms with Gasteiger partial charge in [0.2, 0.25) is 5.13 Å². The van der Waals surface area contributed by atoms with Crippen molar-refractivity contribution in [1.29, 1.82) is 0 Å². The van der Waals surface area contributed by atoms with Crippen LogP contribution in [0, 0.1) is 13.8 Å². The van der Waals surface area contributed by atoms with Crippen molar-refractivity contribution in [2.75, 3.05) is 18.5 Å². The van der Waals surface area contributed by atoms with Crippen molar-refractivity contribution in [3.05, 3.63) is 41.7 Å². The molecule has 0 bridgehead atoms. The van der Waals surface area contributed by atoms with E-state index < -0.39 is 0 Å². The number of aryl methyl sites for hydroxylation is 3. The van der Waals surface area contributed by atoms with Gasteiger partial charge in [-0.15, -0.1) is 10.2 Å². The van der Waals surface area contributed by atoms with Gasteiger partial charge in [-0.05, 0) is 57.5 Å². The maximum absolute atomic E-state index is 5.46. The Labute approximate surface area is 151 Å². The molecule has 25 heavy (non-hydrogen) atoms. The Kier molecular flexibility index (Phi) is 5.65. The molecule has 0 saturated carbocycles. The van der Waals surface area contributed by atoms with Crippen LogP contribution in [0.2, 0.25) is 0 Å². The average Bonchev–Trinajstić information content (AvgIpc) is 3.19. The molecule has 0 amide bonds. The highest BCUT2D eigenvalue weighted by Gasteiger charge is 2.07. The van der Waals surface area contributed by atoms with Gasteiger partial charge in [0.15, 0.2) is 0 Å². The maximum Gasteiger partial charge on any atom is 0.206 e. The summed E-state index contributed by atoms with van der Waals surface area (Å²) in [6.45, 7) is 8.50. The van der Waals surface area contributed by atoms with E-state index in [1.165, 1.54) is 5.69 Å². The zero-order valence-corrected chi connectivity index (χ0v) is 15.6. The lowest BCUT2D eigenvalue weighted by Crippen LogP contribution is -2.08. The van der Waals surface area contributed by atoms with Crippen molar-refractivity contribution in [3.8, 4) is 16.3 Å². The first kappa shape index (κ1) is 17.4. The summed E-state index contributed by atoms with van der Waals surface area (Å²) in [5.74, 6) is 0.873. The van der Waals surface area contributed by atoms with Gasteiger partial charge in [-0.2, -0.15) is 5.10 Å². The Morgan fingerprint density at radius 3 is 2.64 bits per heavy atom. The quantitative estimate of drug-likeness (QED) is 0.619. The Bertz CT molecular complexity index is 809. The molecule has 0 fully saturated rings. The van der Waals surface area contributed by atoms with E-state index in [1.54, 1.807) is 11.3 Å². The standard InChI is InChI=1S/C18H23N5OS/c1-4-24-16-8-6-15(7-9-16)17-20-21-18(25-17)19-10-5-11-23-14(3)12-13(2)22-23/h6-9,12H,4-5,10-11H2,1-3H3,(H,19,21). The second-order valence-corrected chi connectivity index (χ2v) is 6.78. The van der Waals surface area contributed by atoms with Gasteiger partial charge in [-0.1, -0.05) is 11.3 Å². The third-order valence-electron chi connectivity index (χ3n) is 3.76. The molecule has 0 aliphatic carbocycles. The lowest BCUT2D eigenvalue weighted by atomic mass is 10.2. The molecule has 0 atom stereocenters. The van der Waals surface area contributed by atoms with Gasteiger partial charge in [0, 0.05) is 24.3 Å². The van der Waals surface area contributed by atoms with Gasteiger partial charge >= 0.3 is 0 Å². The van der Waals surface area contributed by atoms with E-state index in [4.69, 9.17) is 4.74 Å². The molecule has 0 radical (unpaired) electrons. The van der Waals surface area contributed by atoms with E-state index in [0.29, 0.717) is 6.61 Å². The third-order valence-corrected chi connectivity index (χ3v) is 4.69. The number of ether oxygens (including phenoxy) is 1. The summed E-state index contributed by atoms with van der Waals surface area (Å²) < 4.78 is 7.51. The molecule has 7 heteroatoms. The molecule has 0 spiro atoms. The Morgan fingerprint density at radius 1 is 1.16 bits per heavy atom. The largest absolute Gasteiger partial charge is 0.494 e. The Hall–Kier alpha value is -2.41. The molecule has 3 rings (SSSR count). The van der Waals surface area contributed by atoms with Crippen molar-refractivity contribution in [2.45, 2.75) is 33.7 Å². The van der Waals surface area contributed by atoms with Crippen LogP contribution in [0.15, 0.2) is 30.3 Å². The van der Waals surface area contributed by atoms with Crippen LogP contribution in [0.3, 0.4) is 0 Å². The highest BCUT2D eigenvalue weighted by molar-refractivity contribution is 7.18. The fraction of sp³-hybridized carbons (Fsp3) is 0.389. The first-order valence-corrected chi connectivity index (χ1v) is 9.29.